The van der Waals surface area contributed by atoms with Crippen LogP contribution < -0.4 is 4.90 Å². The van der Waals surface area contributed by atoms with E-state index in [9.17, 15) is 9.18 Å². The van der Waals surface area contributed by atoms with Gasteiger partial charge in [0, 0.05) is 37.1 Å². The second-order valence-electron chi connectivity index (χ2n) is 5.31. The van der Waals surface area contributed by atoms with Crippen molar-refractivity contribution in [1.82, 2.24) is 9.88 Å². The summed E-state index contributed by atoms with van der Waals surface area (Å²) in [7, 11) is 2.09. The normalized spacial score (nSPS) is 16.0. The van der Waals surface area contributed by atoms with Gasteiger partial charge in [-0.1, -0.05) is 0 Å². The van der Waals surface area contributed by atoms with E-state index in [1.165, 1.54) is 23.5 Å². The molecule has 0 aliphatic carbocycles. The molecule has 0 spiro atoms. The van der Waals surface area contributed by atoms with Gasteiger partial charge in [0.05, 0.1) is 11.3 Å². The molecule has 0 bridgehead atoms. The van der Waals surface area contributed by atoms with Crippen LogP contribution in [0.25, 0.3) is 11.3 Å². The van der Waals surface area contributed by atoms with Crippen molar-refractivity contribution in [3.63, 3.8) is 0 Å². The van der Waals surface area contributed by atoms with Crippen molar-refractivity contribution in [2.45, 2.75) is 0 Å². The maximum atomic E-state index is 14.1. The number of piperazine rings is 1. The lowest BCUT2D eigenvalue weighted by Gasteiger charge is -2.32. The fourth-order valence-electron chi connectivity index (χ4n) is 2.39. The van der Waals surface area contributed by atoms with E-state index in [2.05, 4.69) is 21.8 Å². The number of aromatic carboxylic acids is 1. The van der Waals surface area contributed by atoms with E-state index in [4.69, 9.17) is 5.11 Å². The molecule has 0 amide bonds. The first-order valence-corrected chi connectivity index (χ1v) is 7.85. The van der Waals surface area contributed by atoms with Crippen LogP contribution in [0, 0.1) is 5.82 Å². The van der Waals surface area contributed by atoms with Gasteiger partial charge < -0.3 is 14.9 Å². The van der Waals surface area contributed by atoms with E-state index >= 15 is 0 Å². The van der Waals surface area contributed by atoms with E-state index < -0.39 is 11.8 Å². The van der Waals surface area contributed by atoms with Crippen molar-refractivity contribution in [3.05, 3.63) is 35.0 Å². The average Bonchev–Trinajstić information content (AvgIpc) is 2.97. The number of hydrogen-bond donors (Lipinski definition) is 1. The van der Waals surface area contributed by atoms with E-state index in [0.717, 1.165) is 37.4 Å². The van der Waals surface area contributed by atoms with Gasteiger partial charge in [-0.3, -0.25) is 0 Å². The number of aromatic nitrogens is 1. The molecule has 5 nitrogen and oxygen atoms in total. The van der Waals surface area contributed by atoms with Crippen molar-refractivity contribution >= 4 is 22.4 Å². The predicted molar refractivity (Wildman–Crippen MR) is 84.2 cm³/mol. The van der Waals surface area contributed by atoms with E-state index in [1.54, 1.807) is 0 Å². The molecule has 0 radical (unpaired) electrons. The molecule has 0 atom stereocenters. The minimum atomic E-state index is -1.14. The maximum absolute atomic E-state index is 14.1. The number of carboxylic acid groups (broad SMARTS) is 1. The molecule has 1 aromatic heterocycles. The van der Waals surface area contributed by atoms with Gasteiger partial charge in [0.25, 0.3) is 0 Å². The largest absolute Gasteiger partial charge is 0.478 e. The number of benzene rings is 1. The summed E-state index contributed by atoms with van der Waals surface area (Å²) < 4.78 is 14.1. The lowest BCUT2D eigenvalue weighted by atomic mass is 10.1. The summed E-state index contributed by atoms with van der Waals surface area (Å²) in [5.74, 6) is -1.70. The molecule has 1 N–H and O–H groups in total. The summed E-state index contributed by atoms with van der Waals surface area (Å²) >= 11 is 1.48. The van der Waals surface area contributed by atoms with Gasteiger partial charge in [-0.2, -0.15) is 0 Å². The highest BCUT2D eigenvalue weighted by molar-refractivity contribution is 7.14. The number of rotatable bonds is 3. The molecule has 116 valence electrons. The van der Waals surface area contributed by atoms with Gasteiger partial charge in [0.2, 0.25) is 0 Å². The van der Waals surface area contributed by atoms with Crippen LogP contribution in [0.1, 0.15) is 10.4 Å². The van der Waals surface area contributed by atoms with E-state index in [-0.39, 0.29) is 5.56 Å². The highest BCUT2D eigenvalue weighted by Gasteiger charge is 2.18. The fraction of sp³-hybridized carbons (Fsp3) is 0.333. The summed E-state index contributed by atoms with van der Waals surface area (Å²) in [6.07, 6.45) is 0. The minimum absolute atomic E-state index is 0.0595. The summed E-state index contributed by atoms with van der Waals surface area (Å²) in [6, 6.07) is 3.91. The Morgan fingerprint density at radius 3 is 2.68 bits per heavy atom. The monoisotopic (exact) mass is 321 g/mol. The summed E-state index contributed by atoms with van der Waals surface area (Å²) in [6.45, 7) is 3.78. The van der Waals surface area contributed by atoms with Gasteiger partial charge in [-0.25, -0.2) is 14.2 Å². The summed E-state index contributed by atoms with van der Waals surface area (Å²) in [5.41, 5.74) is 0.825. The summed E-state index contributed by atoms with van der Waals surface area (Å²) in [5, 5.41) is 11.6. The number of thiazole rings is 1. The van der Waals surface area contributed by atoms with Crippen LogP contribution in [-0.4, -0.2) is 54.2 Å². The van der Waals surface area contributed by atoms with Crippen LogP contribution in [0.15, 0.2) is 23.6 Å². The summed E-state index contributed by atoms with van der Waals surface area (Å²) in [4.78, 5) is 19.8. The molecular formula is C15H16FN3O2S. The molecule has 2 aromatic rings. The Morgan fingerprint density at radius 1 is 1.32 bits per heavy atom. The smallest absolute Gasteiger partial charge is 0.335 e. The molecule has 1 aromatic carbocycles. The molecule has 1 saturated heterocycles. The van der Waals surface area contributed by atoms with Crippen molar-refractivity contribution in [3.8, 4) is 11.3 Å². The molecule has 2 heterocycles. The van der Waals surface area contributed by atoms with Gasteiger partial charge in [0.1, 0.15) is 5.82 Å². The topological polar surface area (TPSA) is 56.7 Å². The van der Waals surface area contributed by atoms with Crippen molar-refractivity contribution < 1.29 is 14.3 Å². The standard InChI is InChI=1S/C15H16FN3O2S/c1-18-4-6-19(7-5-18)15-17-13(9-22-15)11-3-2-10(14(20)21)8-12(11)16/h2-3,8-9H,4-7H2,1H3,(H,20,21). The van der Waals surface area contributed by atoms with Crippen LogP contribution in [0.5, 0.6) is 0 Å². The zero-order chi connectivity index (χ0) is 15.7. The number of carbonyl (C=O) groups is 1. The Morgan fingerprint density at radius 2 is 2.05 bits per heavy atom. The zero-order valence-electron chi connectivity index (χ0n) is 12.1. The Balaban J connectivity index is 1.83. The second-order valence-corrected chi connectivity index (χ2v) is 6.14. The second kappa shape index (κ2) is 6.02. The first kappa shape index (κ1) is 14.9. The Labute approximate surface area is 131 Å². The average molecular weight is 321 g/mol. The third kappa shape index (κ3) is 2.95. The lowest BCUT2D eigenvalue weighted by molar-refractivity contribution is 0.0696. The molecule has 0 saturated carbocycles. The Bertz CT molecular complexity index is 696. The fourth-order valence-corrected chi connectivity index (χ4v) is 3.27. The number of halogens is 1. The zero-order valence-corrected chi connectivity index (χ0v) is 12.9. The van der Waals surface area contributed by atoms with E-state index in [0.29, 0.717) is 11.3 Å². The van der Waals surface area contributed by atoms with Crippen molar-refractivity contribution in [2.24, 2.45) is 0 Å². The molecule has 1 fully saturated rings. The lowest BCUT2D eigenvalue weighted by Crippen LogP contribution is -2.44. The molecule has 3 rings (SSSR count). The van der Waals surface area contributed by atoms with Crippen LogP contribution in [0.4, 0.5) is 9.52 Å². The molecule has 0 unspecified atom stereocenters. The number of nitrogens with zero attached hydrogens (tertiary/aromatic N) is 3. The molecule has 1 aliphatic rings. The predicted octanol–water partition coefficient (Wildman–Crippen LogP) is 2.40. The maximum Gasteiger partial charge on any atom is 0.335 e. The van der Waals surface area contributed by atoms with Gasteiger partial charge >= 0.3 is 5.97 Å². The highest BCUT2D eigenvalue weighted by Crippen LogP contribution is 2.30. The third-order valence-electron chi connectivity index (χ3n) is 3.76. The molecule has 22 heavy (non-hydrogen) atoms. The molecule has 1 aliphatic heterocycles. The highest BCUT2D eigenvalue weighted by atomic mass is 32.1. The van der Waals surface area contributed by atoms with Crippen molar-refractivity contribution in [1.29, 1.82) is 0 Å². The van der Waals surface area contributed by atoms with Crippen LogP contribution in [-0.2, 0) is 0 Å². The first-order valence-electron chi connectivity index (χ1n) is 6.97. The Hall–Kier alpha value is -1.99. The number of carboxylic acids is 1. The quantitative estimate of drug-likeness (QED) is 0.941. The van der Waals surface area contributed by atoms with Crippen LogP contribution in [0.3, 0.4) is 0 Å². The van der Waals surface area contributed by atoms with Gasteiger partial charge in [-0.05, 0) is 25.2 Å². The van der Waals surface area contributed by atoms with Crippen LogP contribution in [0.2, 0.25) is 0 Å². The van der Waals surface area contributed by atoms with Gasteiger partial charge in [0.15, 0.2) is 5.13 Å². The number of likely N-dealkylation sites (N-methyl/N-ethyl adjacent to an activating group) is 1. The molecular weight excluding hydrogens is 305 g/mol. The molecule has 7 heteroatoms. The minimum Gasteiger partial charge on any atom is -0.478 e. The van der Waals surface area contributed by atoms with Crippen molar-refractivity contribution in [2.75, 3.05) is 38.1 Å². The Kier molecular flexibility index (Phi) is 4.08. The SMILES string of the molecule is CN1CCN(c2nc(-c3ccc(C(=O)O)cc3F)cs2)CC1. The number of hydrogen-bond acceptors (Lipinski definition) is 5. The van der Waals surface area contributed by atoms with E-state index in [1.807, 2.05) is 5.38 Å². The first-order chi connectivity index (χ1) is 10.5. The van der Waals surface area contributed by atoms with Gasteiger partial charge in [-0.15, -0.1) is 11.3 Å². The third-order valence-corrected chi connectivity index (χ3v) is 4.66. The van der Waals surface area contributed by atoms with Crippen LogP contribution >= 0.6 is 11.3 Å². The number of anilines is 1.